The molecule has 2 aliphatic heterocycles. The van der Waals surface area contributed by atoms with Crippen molar-refractivity contribution in [1.29, 1.82) is 0 Å². The van der Waals surface area contributed by atoms with Crippen LogP contribution in [0.2, 0.25) is 0 Å². The Hall–Kier alpha value is -1.05. The van der Waals surface area contributed by atoms with Crippen LogP contribution in [0.15, 0.2) is 29.3 Å². The van der Waals surface area contributed by atoms with Gasteiger partial charge in [0, 0.05) is 5.92 Å². The minimum atomic E-state index is 0.478. The lowest BCUT2D eigenvalue weighted by Gasteiger charge is -2.37. The second kappa shape index (κ2) is 2.72. The van der Waals surface area contributed by atoms with Crippen LogP contribution in [-0.2, 0) is 0 Å². The van der Waals surface area contributed by atoms with Crippen molar-refractivity contribution in [3.8, 4) is 0 Å². The van der Waals surface area contributed by atoms with E-state index in [1.165, 1.54) is 6.42 Å². The van der Waals surface area contributed by atoms with Crippen LogP contribution in [0.25, 0.3) is 0 Å². The Kier molecular flexibility index (Phi) is 1.54. The zero-order valence-electron chi connectivity index (χ0n) is 7.43. The Morgan fingerprint density at radius 1 is 1.31 bits per heavy atom. The summed E-state index contributed by atoms with van der Waals surface area (Å²) in [5.74, 6) is 1.14. The molecule has 0 saturated carbocycles. The molecule has 1 aliphatic carbocycles. The highest BCUT2D eigenvalue weighted by atomic mass is 15.2. The second-order valence-corrected chi connectivity index (χ2v) is 3.87. The average molecular weight is 172 g/mol. The van der Waals surface area contributed by atoms with E-state index >= 15 is 0 Å². The largest absolute Gasteiger partial charge is 0.347 e. The smallest absolute Gasteiger partial charge is 0.100 e. The topological polar surface area (TPSA) is 15.6 Å². The first-order valence-electron chi connectivity index (χ1n) is 4.83. The van der Waals surface area contributed by atoms with Gasteiger partial charge in [0.15, 0.2) is 0 Å². The predicted octanol–water partition coefficient (Wildman–Crippen LogP) is 1.50. The summed E-state index contributed by atoms with van der Waals surface area (Å²) < 4.78 is 0. The summed E-state index contributed by atoms with van der Waals surface area (Å²) in [4.78, 5) is 6.43. The van der Waals surface area contributed by atoms with Crippen molar-refractivity contribution in [3.63, 3.8) is 0 Å². The Morgan fingerprint density at radius 2 is 2.23 bits per heavy atom. The lowest BCUT2D eigenvalue weighted by Crippen LogP contribution is -2.40. The number of piperidine rings is 1. The minimum Gasteiger partial charge on any atom is -0.347 e. The maximum atomic E-state index is 4.28. The number of allylic oxidation sites excluding steroid dienone is 3. The molecular formula is C11H12N2. The van der Waals surface area contributed by atoms with Crippen LogP contribution >= 0.6 is 0 Å². The van der Waals surface area contributed by atoms with Crippen LogP contribution in [0.5, 0.6) is 0 Å². The van der Waals surface area contributed by atoms with Gasteiger partial charge in [0.1, 0.15) is 6.54 Å². The number of hydrogen-bond donors (Lipinski definition) is 0. The Bertz CT molecular complexity index is 290. The lowest BCUT2D eigenvalue weighted by molar-refractivity contribution is 0.241. The van der Waals surface area contributed by atoms with Crippen molar-refractivity contribution < 1.29 is 0 Å². The molecule has 1 saturated heterocycles. The highest BCUT2D eigenvalue weighted by Crippen LogP contribution is 2.35. The average Bonchev–Trinajstić information content (AvgIpc) is 2.61. The fourth-order valence-corrected chi connectivity index (χ4v) is 2.27. The molecule has 2 nitrogen and oxygen atoms in total. The summed E-state index contributed by atoms with van der Waals surface area (Å²) in [5.41, 5.74) is 0. The zero-order valence-corrected chi connectivity index (χ0v) is 7.43. The monoisotopic (exact) mass is 172 g/mol. The van der Waals surface area contributed by atoms with E-state index < -0.39 is 0 Å². The number of nitrogens with zero attached hydrogens (tertiary/aromatic N) is 2. The molecule has 0 N–H and O–H groups in total. The molecule has 2 heterocycles. The molecule has 1 fully saturated rings. The quantitative estimate of drug-likeness (QED) is 0.540. The van der Waals surface area contributed by atoms with Crippen LogP contribution in [-0.4, -0.2) is 23.8 Å². The summed E-state index contributed by atoms with van der Waals surface area (Å²) in [7, 11) is 0. The second-order valence-electron chi connectivity index (χ2n) is 3.87. The number of fused-ring (bicyclic) bond motifs is 2. The molecule has 0 aromatic carbocycles. The molecule has 3 unspecified atom stereocenters. The van der Waals surface area contributed by atoms with Crippen LogP contribution in [0, 0.1) is 18.4 Å². The summed E-state index contributed by atoms with van der Waals surface area (Å²) in [6.07, 6.45) is 11.9. The summed E-state index contributed by atoms with van der Waals surface area (Å²) in [6.45, 7) is 4.42. The maximum Gasteiger partial charge on any atom is 0.100 e. The molecule has 0 spiro atoms. The summed E-state index contributed by atoms with van der Waals surface area (Å²) >= 11 is 0. The van der Waals surface area contributed by atoms with E-state index in [4.69, 9.17) is 0 Å². The third-order valence-electron chi connectivity index (χ3n) is 3.01. The van der Waals surface area contributed by atoms with Crippen molar-refractivity contribution >= 4 is 6.34 Å². The molecule has 13 heavy (non-hydrogen) atoms. The number of aliphatic imine (C=N–C) groups is 1. The van der Waals surface area contributed by atoms with Gasteiger partial charge >= 0.3 is 0 Å². The molecule has 3 aliphatic rings. The summed E-state index contributed by atoms with van der Waals surface area (Å²) in [5, 5.41) is 0. The van der Waals surface area contributed by atoms with Crippen molar-refractivity contribution in [3.05, 3.63) is 30.8 Å². The van der Waals surface area contributed by atoms with Crippen LogP contribution in [0.3, 0.4) is 0 Å². The van der Waals surface area contributed by atoms with Crippen molar-refractivity contribution in [2.45, 2.75) is 12.5 Å². The number of rotatable bonds is 0. The minimum absolute atomic E-state index is 0.478. The molecule has 66 valence electrons. The first kappa shape index (κ1) is 7.36. The fourth-order valence-electron chi connectivity index (χ4n) is 2.27. The Labute approximate surface area is 78.6 Å². The van der Waals surface area contributed by atoms with Crippen LogP contribution < -0.4 is 0 Å². The third kappa shape index (κ3) is 1.12. The normalized spacial score (nSPS) is 40.6. The molecule has 0 amide bonds. The standard InChI is InChI=1S/C11H12N2/c1-2-4-10-7-13-8-12-6-11(13)5-9(10)3-1/h1-4,8-11H,5-6H2. The highest BCUT2D eigenvalue weighted by molar-refractivity contribution is 5.60. The van der Waals surface area contributed by atoms with E-state index in [9.17, 15) is 0 Å². The van der Waals surface area contributed by atoms with Gasteiger partial charge in [-0.3, -0.25) is 4.99 Å². The molecule has 3 atom stereocenters. The van der Waals surface area contributed by atoms with E-state index in [0.717, 1.165) is 6.54 Å². The summed E-state index contributed by atoms with van der Waals surface area (Å²) in [6, 6.07) is 0.581. The van der Waals surface area contributed by atoms with E-state index in [2.05, 4.69) is 40.7 Å². The van der Waals surface area contributed by atoms with Crippen molar-refractivity contribution in [2.24, 2.45) is 16.8 Å². The van der Waals surface area contributed by atoms with Gasteiger partial charge in [-0.05, 0) is 12.3 Å². The van der Waals surface area contributed by atoms with Gasteiger partial charge in [0.05, 0.1) is 18.9 Å². The Balaban J connectivity index is 1.82. The van der Waals surface area contributed by atoms with E-state index in [-0.39, 0.29) is 0 Å². The SMILES string of the molecule is [C]1C2C=CC=CC2CC2CN=CN12. The fraction of sp³-hybridized carbons (Fsp3) is 0.455. The first-order valence-corrected chi connectivity index (χ1v) is 4.83. The van der Waals surface area contributed by atoms with Gasteiger partial charge in [-0.25, -0.2) is 0 Å². The predicted molar refractivity (Wildman–Crippen MR) is 52.1 cm³/mol. The van der Waals surface area contributed by atoms with Crippen LogP contribution in [0.4, 0.5) is 0 Å². The molecule has 0 aromatic heterocycles. The van der Waals surface area contributed by atoms with Gasteiger partial charge < -0.3 is 4.90 Å². The molecule has 2 heteroatoms. The molecular weight excluding hydrogens is 160 g/mol. The Morgan fingerprint density at radius 3 is 3.23 bits per heavy atom. The van der Waals surface area contributed by atoms with Crippen LogP contribution in [0.1, 0.15) is 6.42 Å². The van der Waals surface area contributed by atoms with E-state index in [1.54, 1.807) is 0 Å². The zero-order chi connectivity index (χ0) is 8.67. The van der Waals surface area contributed by atoms with E-state index in [1.807, 2.05) is 6.34 Å². The van der Waals surface area contributed by atoms with E-state index in [0.29, 0.717) is 17.9 Å². The van der Waals surface area contributed by atoms with Gasteiger partial charge in [0.25, 0.3) is 0 Å². The van der Waals surface area contributed by atoms with Crippen molar-refractivity contribution in [2.75, 3.05) is 6.54 Å². The molecule has 0 aromatic rings. The van der Waals surface area contributed by atoms with Gasteiger partial charge in [0.2, 0.25) is 0 Å². The molecule has 2 radical (unpaired) electrons. The van der Waals surface area contributed by atoms with Gasteiger partial charge in [-0.2, -0.15) is 0 Å². The van der Waals surface area contributed by atoms with Gasteiger partial charge in [-0.1, -0.05) is 24.3 Å². The van der Waals surface area contributed by atoms with Gasteiger partial charge in [-0.15, -0.1) is 0 Å². The molecule has 3 rings (SSSR count). The van der Waals surface area contributed by atoms with Crippen molar-refractivity contribution in [1.82, 2.24) is 4.90 Å². The third-order valence-corrected chi connectivity index (χ3v) is 3.01. The molecule has 0 bridgehead atoms. The lowest BCUT2D eigenvalue weighted by atomic mass is 9.80. The first-order chi connectivity index (χ1) is 6.43. The maximum absolute atomic E-state index is 4.28. The number of hydrogen-bond acceptors (Lipinski definition) is 2. The highest BCUT2D eigenvalue weighted by Gasteiger charge is 2.35.